The molecule has 10 heteroatoms. The zero-order valence-electron chi connectivity index (χ0n) is 19.1. The van der Waals surface area contributed by atoms with E-state index in [0.29, 0.717) is 24.1 Å². The number of methoxy groups -OCH3 is 1. The molecule has 2 fully saturated rings. The zero-order chi connectivity index (χ0) is 22.5. The smallest absolute Gasteiger partial charge is 0.254 e. The minimum Gasteiger partial charge on any atom is -0.493 e. The van der Waals surface area contributed by atoms with Gasteiger partial charge in [-0.05, 0) is 51.3 Å². The highest BCUT2D eigenvalue weighted by Crippen LogP contribution is 2.35. The second-order valence-electron chi connectivity index (χ2n) is 8.51. The molecule has 0 saturated carbocycles. The van der Waals surface area contributed by atoms with Crippen LogP contribution in [0.3, 0.4) is 0 Å². The van der Waals surface area contributed by atoms with E-state index in [1.807, 2.05) is 12.1 Å². The van der Waals surface area contributed by atoms with Crippen molar-refractivity contribution in [2.45, 2.75) is 38.1 Å². The fraction of sp³-hybridized carbons (Fsp3) is 0.565. The van der Waals surface area contributed by atoms with E-state index in [1.54, 1.807) is 18.1 Å². The normalized spacial score (nSPS) is 17.5. The molecule has 1 aromatic carbocycles. The molecule has 2 aliphatic rings. The number of benzene rings is 1. The van der Waals surface area contributed by atoms with E-state index in [0.717, 1.165) is 55.7 Å². The third kappa shape index (κ3) is 5.17. The molecule has 0 bridgehead atoms. The van der Waals surface area contributed by atoms with Crippen LogP contribution >= 0.6 is 0 Å². The Morgan fingerprint density at radius 2 is 1.97 bits per heavy atom. The van der Waals surface area contributed by atoms with Crippen molar-refractivity contribution in [2.75, 3.05) is 51.9 Å². The molecule has 10 nitrogen and oxygen atoms in total. The van der Waals surface area contributed by atoms with Crippen LogP contribution in [0.15, 0.2) is 24.8 Å². The third-order valence-corrected chi connectivity index (χ3v) is 6.23. The van der Waals surface area contributed by atoms with E-state index in [1.165, 1.54) is 32.3 Å². The van der Waals surface area contributed by atoms with E-state index in [9.17, 15) is 0 Å². The van der Waals surface area contributed by atoms with Crippen molar-refractivity contribution in [2.24, 2.45) is 0 Å². The Labute approximate surface area is 193 Å². The topological polar surface area (TPSA) is 99.5 Å². The molecule has 0 atom stereocenters. The van der Waals surface area contributed by atoms with Gasteiger partial charge in [-0.25, -0.2) is 9.97 Å². The fourth-order valence-corrected chi connectivity index (χ4v) is 4.43. The third-order valence-electron chi connectivity index (χ3n) is 6.23. The summed E-state index contributed by atoms with van der Waals surface area (Å²) in [6.45, 7) is 5.58. The molecule has 0 unspecified atom stereocenters. The van der Waals surface area contributed by atoms with Crippen molar-refractivity contribution in [3.8, 4) is 17.4 Å². The van der Waals surface area contributed by atoms with Crippen LogP contribution in [-0.2, 0) is 4.74 Å². The molecule has 4 heterocycles. The summed E-state index contributed by atoms with van der Waals surface area (Å²) in [6, 6.07) is 4.17. The molecule has 0 radical (unpaired) electrons. The van der Waals surface area contributed by atoms with Crippen molar-refractivity contribution in [1.82, 2.24) is 29.6 Å². The van der Waals surface area contributed by atoms with Crippen LogP contribution < -0.4 is 14.8 Å². The number of aromatic nitrogens is 5. The summed E-state index contributed by atoms with van der Waals surface area (Å²) in [5.41, 5.74) is 0.764. The van der Waals surface area contributed by atoms with Crippen molar-refractivity contribution in [1.29, 1.82) is 0 Å². The van der Waals surface area contributed by atoms with Gasteiger partial charge in [0.2, 0.25) is 0 Å². The highest BCUT2D eigenvalue weighted by atomic mass is 16.5. The first-order chi connectivity index (χ1) is 16.3. The number of nitrogens with one attached hydrogen (secondary N) is 1. The van der Waals surface area contributed by atoms with Gasteiger partial charge in [-0.3, -0.25) is 0 Å². The maximum absolute atomic E-state index is 6.13. The van der Waals surface area contributed by atoms with Crippen LogP contribution in [0.25, 0.3) is 16.9 Å². The van der Waals surface area contributed by atoms with E-state index < -0.39 is 0 Å². The Morgan fingerprint density at radius 1 is 1.12 bits per heavy atom. The summed E-state index contributed by atoms with van der Waals surface area (Å²) in [4.78, 5) is 16.0. The lowest BCUT2D eigenvalue weighted by atomic mass is 10.1. The summed E-state index contributed by atoms with van der Waals surface area (Å²) < 4.78 is 18.9. The summed E-state index contributed by atoms with van der Waals surface area (Å²) >= 11 is 0. The van der Waals surface area contributed by atoms with Gasteiger partial charge in [0.05, 0.1) is 19.2 Å². The van der Waals surface area contributed by atoms with Gasteiger partial charge in [-0.2, -0.15) is 14.8 Å². The van der Waals surface area contributed by atoms with Gasteiger partial charge >= 0.3 is 0 Å². The fourth-order valence-electron chi connectivity index (χ4n) is 4.43. The summed E-state index contributed by atoms with van der Waals surface area (Å²) in [5, 5.41) is 8.68. The summed E-state index contributed by atoms with van der Waals surface area (Å²) in [6.07, 6.45) is 8.51. The molecule has 0 spiro atoms. The maximum Gasteiger partial charge on any atom is 0.254 e. The number of likely N-dealkylation sites (tertiary alicyclic amines) is 1. The molecule has 3 aromatic rings. The molecule has 0 aliphatic carbocycles. The van der Waals surface area contributed by atoms with Gasteiger partial charge in [0.15, 0.2) is 11.5 Å². The van der Waals surface area contributed by atoms with E-state index in [2.05, 4.69) is 20.3 Å². The van der Waals surface area contributed by atoms with Gasteiger partial charge in [0.1, 0.15) is 18.5 Å². The average Bonchev–Trinajstić information content (AvgIpc) is 3.56. The lowest BCUT2D eigenvalue weighted by Crippen LogP contribution is -2.28. The minimum atomic E-state index is 0.285. The molecule has 33 heavy (non-hydrogen) atoms. The van der Waals surface area contributed by atoms with Crippen LogP contribution in [0.1, 0.15) is 32.1 Å². The number of anilines is 1. The zero-order valence-corrected chi connectivity index (χ0v) is 19.1. The molecular formula is C23H31N7O3. The van der Waals surface area contributed by atoms with E-state index in [4.69, 9.17) is 24.2 Å². The van der Waals surface area contributed by atoms with Crippen LogP contribution in [0, 0.1) is 0 Å². The van der Waals surface area contributed by atoms with Gasteiger partial charge < -0.3 is 24.4 Å². The van der Waals surface area contributed by atoms with Crippen molar-refractivity contribution >= 4 is 16.7 Å². The van der Waals surface area contributed by atoms with Gasteiger partial charge in [-0.15, -0.1) is 0 Å². The Bertz CT molecular complexity index is 1050. The predicted octanol–water partition coefficient (Wildman–Crippen LogP) is 2.67. The SMILES string of the molecule is COc1cc2c(NC3CCOCC3)nc(-n3cncn3)nc2cc1OCCCN1CCCC1. The van der Waals surface area contributed by atoms with E-state index >= 15 is 0 Å². The predicted molar refractivity (Wildman–Crippen MR) is 124 cm³/mol. The van der Waals surface area contributed by atoms with Crippen LogP contribution in [0.4, 0.5) is 5.82 Å². The largest absolute Gasteiger partial charge is 0.493 e. The molecule has 0 amide bonds. The number of fused-ring (bicyclic) bond motifs is 1. The Kier molecular flexibility index (Phi) is 6.82. The minimum absolute atomic E-state index is 0.285. The number of nitrogens with zero attached hydrogens (tertiary/aromatic N) is 6. The highest BCUT2D eigenvalue weighted by molar-refractivity contribution is 5.92. The first-order valence-corrected chi connectivity index (χ1v) is 11.7. The molecule has 2 saturated heterocycles. The maximum atomic E-state index is 6.13. The van der Waals surface area contributed by atoms with Gasteiger partial charge in [0.25, 0.3) is 5.95 Å². The molecule has 2 aliphatic heterocycles. The van der Waals surface area contributed by atoms with Crippen molar-refractivity contribution in [3.63, 3.8) is 0 Å². The molecule has 1 N–H and O–H groups in total. The second kappa shape index (κ2) is 10.3. The van der Waals surface area contributed by atoms with Crippen LogP contribution in [0.5, 0.6) is 11.5 Å². The monoisotopic (exact) mass is 453 g/mol. The first kappa shape index (κ1) is 21.8. The highest BCUT2D eigenvalue weighted by Gasteiger charge is 2.19. The molecule has 2 aromatic heterocycles. The Balaban J connectivity index is 1.42. The van der Waals surface area contributed by atoms with Crippen molar-refractivity contribution < 1.29 is 14.2 Å². The van der Waals surface area contributed by atoms with Crippen molar-refractivity contribution in [3.05, 3.63) is 24.8 Å². The second-order valence-corrected chi connectivity index (χ2v) is 8.51. The quantitative estimate of drug-likeness (QED) is 0.490. The first-order valence-electron chi connectivity index (χ1n) is 11.7. The Morgan fingerprint density at radius 3 is 2.73 bits per heavy atom. The molecular weight excluding hydrogens is 422 g/mol. The Hall–Kier alpha value is -2.98. The molecule has 5 rings (SSSR count). The lowest BCUT2D eigenvalue weighted by molar-refractivity contribution is 0.0904. The average molecular weight is 454 g/mol. The van der Waals surface area contributed by atoms with Gasteiger partial charge in [0, 0.05) is 37.3 Å². The lowest BCUT2D eigenvalue weighted by Gasteiger charge is -2.24. The van der Waals surface area contributed by atoms with Gasteiger partial charge in [-0.1, -0.05) is 0 Å². The molecule has 176 valence electrons. The number of rotatable bonds is 9. The van der Waals surface area contributed by atoms with E-state index in [-0.39, 0.29) is 6.04 Å². The van der Waals surface area contributed by atoms with Crippen LogP contribution in [0.2, 0.25) is 0 Å². The standard InChI is InChI=1S/C23H31N7O3/c1-31-20-13-18-19(14-21(20)33-10-4-9-29-7-2-3-8-29)27-23(30-16-24-15-25-30)28-22(18)26-17-5-11-32-12-6-17/h13-17H,2-12H2,1H3,(H,26,27,28). The summed E-state index contributed by atoms with van der Waals surface area (Å²) in [7, 11) is 1.66. The van der Waals surface area contributed by atoms with Crippen LogP contribution in [-0.4, -0.2) is 82.2 Å². The number of ether oxygens (including phenoxy) is 3. The summed E-state index contributed by atoms with van der Waals surface area (Å²) in [5.74, 6) is 2.57. The number of hydrogen-bond donors (Lipinski definition) is 1. The number of hydrogen-bond acceptors (Lipinski definition) is 9.